The second-order valence-corrected chi connectivity index (χ2v) is 11.6. The zero-order valence-corrected chi connectivity index (χ0v) is 22.4. The highest BCUT2D eigenvalue weighted by atomic mass is 35.5. The van der Waals surface area contributed by atoms with Gasteiger partial charge in [-0.05, 0) is 30.7 Å². The van der Waals surface area contributed by atoms with E-state index in [1.54, 1.807) is 21.6 Å². The van der Waals surface area contributed by atoms with Gasteiger partial charge in [0.25, 0.3) is 11.5 Å². The number of hydrogen-bond acceptors (Lipinski definition) is 6. The predicted molar refractivity (Wildman–Crippen MR) is 154 cm³/mol. The van der Waals surface area contributed by atoms with Gasteiger partial charge >= 0.3 is 0 Å². The third kappa shape index (κ3) is 4.65. The first-order chi connectivity index (χ1) is 17.0. The molecule has 3 aromatic rings. The van der Waals surface area contributed by atoms with Gasteiger partial charge in [0, 0.05) is 41.5 Å². The van der Waals surface area contributed by atoms with E-state index in [9.17, 15) is 9.59 Å². The predicted octanol–water partition coefficient (Wildman–Crippen LogP) is 5.63. The van der Waals surface area contributed by atoms with Gasteiger partial charge in [0.05, 0.1) is 28.2 Å². The van der Waals surface area contributed by atoms with E-state index >= 15 is 0 Å². The number of carbonyl (C=O) groups excluding carboxylic acids is 1. The molecule has 0 aliphatic carbocycles. The molecular formula is C26H24ClN3O2S3. The monoisotopic (exact) mass is 541 g/mol. The molecule has 0 N–H and O–H groups in total. The normalized spacial score (nSPS) is 17.7. The molecule has 0 atom stereocenters. The van der Waals surface area contributed by atoms with Crippen molar-refractivity contribution in [2.45, 2.75) is 20.0 Å². The first kappa shape index (κ1) is 24.4. The number of nitrogens with zero attached hydrogens (tertiary/aromatic N) is 3. The lowest BCUT2D eigenvalue weighted by Gasteiger charge is -2.31. The average Bonchev–Trinajstić information content (AvgIpc) is 3.14. The molecule has 2 saturated heterocycles. The van der Waals surface area contributed by atoms with Gasteiger partial charge in [-0.2, -0.15) is 11.8 Å². The van der Waals surface area contributed by atoms with Crippen molar-refractivity contribution in [3.63, 3.8) is 0 Å². The molecule has 2 aromatic carbocycles. The highest BCUT2D eigenvalue weighted by Crippen LogP contribution is 2.37. The topological polar surface area (TPSA) is 45.6 Å². The van der Waals surface area contributed by atoms with Crippen molar-refractivity contribution in [1.82, 2.24) is 9.47 Å². The molecule has 9 heteroatoms. The smallest absolute Gasteiger partial charge is 0.266 e. The van der Waals surface area contributed by atoms with E-state index in [0.29, 0.717) is 32.9 Å². The summed E-state index contributed by atoms with van der Waals surface area (Å²) in [6, 6.07) is 15.5. The second-order valence-electron chi connectivity index (χ2n) is 8.29. The van der Waals surface area contributed by atoms with Crippen molar-refractivity contribution in [2.24, 2.45) is 0 Å². The van der Waals surface area contributed by atoms with Gasteiger partial charge in [0.2, 0.25) is 0 Å². The minimum Gasteiger partial charge on any atom is -0.369 e. The number of anilines is 1. The fourth-order valence-electron chi connectivity index (χ4n) is 4.55. The molecule has 35 heavy (non-hydrogen) atoms. The number of aromatic nitrogens is 1. The highest BCUT2D eigenvalue weighted by Gasteiger charge is 2.33. The van der Waals surface area contributed by atoms with Crippen molar-refractivity contribution < 1.29 is 4.79 Å². The standard InChI is InChI=1S/C26H24ClN3O2S3/c1-2-29-21-10-6-4-8-18(21)23(28-11-13-34-14-12-28)19(24(29)31)15-22-25(32)30(26(33)35-22)16-17-7-3-5-9-20(17)27/h3-10,15H,2,11-14,16H2,1H3. The maximum absolute atomic E-state index is 13.8. The molecule has 0 radical (unpaired) electrons. The lowest BCUT2D eigenvalue weighted by Crippen LogP contribution is -2.35. The van der Waals surface area contributed by atoms with Gasteiger partial charge in [-0.15, -0.1) is 0 Å². The summed E-state index contributed by atoms with van der Waals surface area (Å²) in [6.07, 6.45) is 1.75. The van der Waals surface area contributed by atoms with Gasteiger partial charge in [0.15, 0.2) is 0 Å². The first-order valence-electron chi connectivity index (χ1n) is 11.5. The Labute approximate surface area is 223 Å². The maximum atomic E-state index is 13.8. The number of carbonyl (C=O) groups is 1. The molecule has 5 rings (SSSR count). The minimum absolute atomic E-state index is 0.0872. The maximum Gasteiger partial charge on any atom is 0.266 e. The number of hydrogen-bond donors (Lipinski definition) is 0. The third-order valence-electron chi connectivity index (χ3n) is 6.26. The van der Waals surface area contributed by atoms with Crippen molar-refractivity contribution in [3.05, 3.63) is 79.9 Å². The van der Waals surface area contributed by atoms with E-state index in [4.69, 9.17) is 23.8 Å². The van der Waals surface area contributed by atoms with Crippen LogP contribution in [0.2, 0.25) is 5.02 Å². The number of thioether (sulfide) groups is 2. The average molecular weight is 542 g/mol. The van der Waals surface area contributed by atoms with Gasteiger partial charge in [-0.3, -0.25) is 14.5 Å². The number of benzene rings is 2. The van der Waals surface area contributed by atoms with Crippen LogP contribution < -0.4 is 10.5 Å². The second kappa shape index (κ2) is 10.4. The van der Waals surface area contributed by atoms with Crippen LogP contribution in [0.15, 0.2) is 58.2 Å². The van der Waals surface area contributed by atoms with Crippen LogP contribution in [0.4, 0.5) is 5.69 Å². The van der Waals surface area contributed by atoms with Gasteiger partial charge < -0.3 is 9.47 Å². The van der Waals surface area contributed by atoms with Crippen molar-refractivity contribution >= 4 is 80.2 Å². The number of amides is 1. The molecule has 2 aliphatic heterocycles. The van der Waals surface area contributed by atoms with Crippen LogP contribution in [0.3, 0.4) is 0 Å². The minimum atomic E-state index is -0.198. The Hall–Kier alpha value is -2.26. The van der Waals surface area contributed by atoms with Crippen LogP contribution in [0.1, 0.15) is 18.1 Å². The third-order valence-corrected chi connectivity index (χ3v) is 8.95. The zero-order chi connectivity index (χ0) is 24.5. The fraction of sp³-hybridized carbons (Fsp3) is 0.269. The quantitative estimate of drug-likeness (QED) is 0.308. The van der Waals surface area contributed by atoms with Gasteiger partial charge in [-0.1, -0.05) is 72.0 Å². The van der Waals surface area contributed by atoms with E-state index in [1.165, 1.54) is 11.8 Å². The Kier molecular flexibility index (Phi) is 7.25. The van der Waals surface area contributed by atoms with Crippen LogP contribution in [-0.4, -0.2) is 44.3 Å². The number of thiocarbonyl (C=S) groups is 1. The van der Waals surface area contributed by atoms with Crippen molar-refractivity contribution in [3.8, 4) is 0 Å². The van der Waals surface area contributed by atoms with Crippen LogP contribution in [0.5, 0.6) is 0 Å². The van der Waals surface area contributed by atoms with Gasteiger partial charge in [-0.25, -0.2) is 0 Å². The molecule has 2 fully saturated rings. The molecule has 180 valence electrons. The van der Waals surface area contributed by atoms with Crippen LogP contribution in [-0.2, 0) is 17.9 Å². The summed E-state index contributed by atoms with van der Waals surface area (Å²) in [5.74, 6) is 1.81. The fourth-order valence-corrected chi connectivity index (χ4v) is 6.88. The Balaban J connectivity index is 1.62. The summed E-state index contributed by atoms with van der Waals surface area (Å²) < 4.78 is 2.25. The molecule has 2 aliphatic rings. The highest BCUT2D eigenvalue weighted by molar-refractivity contribution is 8.26. The number of halogens is 1. The van der Waals surface area contributed by atoms with E-state index < -0.39 is 0 Å². The Morgan fingerprint density at radius 1 is 1.06 bits per heavy atom. The molecule has 1 aromatic heterocycles. The lowest BCUT2D eigenvalue weighted by molar-refractivity contribution is -0.122. The molecule has 5 nitrogen and oxygen atoms in total. The first-order valence-corrected chi connectivity index (χ1v) is 14.2. The number of para-hydroxylation sites is 1. The van der Waals surface area contributed by atoms with E-state index in [0.717, 1.165) is 46.7 Å². The Bertz CT molecular complexity index is 1410. The number of rotatable bonds is 5. The SMILES string of the molecule is CCn1c(=O)c(C=C2SC(=S)N(Cc3ccccc3Cl)C2=O)c(N2CCSCC2)c2ccccc21. The molecular weight excluding hydrogens is 518 g/mol. The molecule has 1 amide bonds. The number of pyridine rings is 1. The summed E-state index contributed by atoms with van der Waals surface area (Å²) in [4.78, 5) is 31.5. The Morgan fingerprint density at radius 2 is 1.77 bits per heavy atom. The largest absolute Gasteiger partial charge is 0.369 e. The van der Waals surface area contributed by atoms with E-state index in [1.807, 2.05) is 55.1 Å². The van der Waals surface area contributed by atoms with Crippen molar-refractivity contribution in [2.75, 3.05) is 29.5 Å². The van der Waals surface area contributed by atoms with Gasteiger partial charge in [0.1, 0.15) is 4.32 Å². The molecule has 0 saturated carbocycles. The summed E-state index contributed by atoms with van der Waals surface area (Å²) in [6.45, 7) is 4.54. The van der Waals surface area contributed by atoms with Crippen molar-refractivity contribution in [1.29, 1.82) is 0 Å². The number of fused-ring (bicyclic) bond motifs is 1. The lowest BCUT2D eigenvalue weighted by atomic mass is 10.1. The molecule has 0 unspecified atom stereocenters. The summed E-state index contributed by atoms with van der Waals surface area (Å²) in [5.41, 5.74) is 3.12. The van der Waals surface area contributed by atoms with E-state index in [-0.39, 0.29) is 11.5 Å². The van der Waals surface area contributed by atoms with Crippen LogP contribution in [0, 0.1) is 0 Å². The summed E-state index contributed by atoms with van der Waals surface area (Å²) in [7, 11) is 0. The summed E-state index contributed by atoms with van der Waals surface area (Å²) in [5, 5.41) is 1.62. The van der Waals surface area contributed by atoms with Crippen LogP contribution in [0.25, 0.3) is 17.0 Å². The molecule has 3 heterocycles. The molecule has 0 spiro atoms. The number of aryl methyl sites for hydroxylation is 1. The summed E-state index contributed by atoms with van der Waals surface area (Å²) >= 11 is 15.0. The zero-order valence-electron chi connectivity index (χ0n) is 19.2. The Morgan fingerprint density at radius 3 is 2.51 bits per heavy atom. The van der Waals surface area contributed by atoms with Crippen LogP contribution >= 0.6 is 47.3 Å². The van der Waals surface area contributed by atoms with E-state index in [2.05, 4.69) is 11.0 Å². The molecule has 0 bridgehead atoms.